The topological polar surface area (TPSA) is 68.5 Å². The Hall–Kier alpha value is -1.86. The predicted molar refractivity (Wildman–Crippen MR) is 119 cm³/mol. The number of rotatable bonds is 10. The van der Waals surface area contributed by atoms with Gasteiger partial charge in [-0.3, -0.25) is 9.59 Å². The molecule has 0 aliphatic rings. The van der Waals surface area contributed by atoms with Crippen molar-refractivity contribution in [2.75, 3.05) is 7.11 Å². The van der Waals surface area contributed by atoms with Crippen LogP contribution in [0.1, 0.15) is 43.4 Å². The number of carboxylic acid groups (broad SMARTS) is 1. The molecule has 0 spiro atoms. The molecule has 5 nitrogen and oxygen atoms in total. The van der Waals surface area contributed by atoms with E-state index in [2.05, 4.69) is 31.9 Å². The van der Waals surface area contributed by atoms with Crippen LogP contribution in [-0.2, 0) is 11.3 Å². The van der Waals surface area contributed by atoms with Crippen LogP contribution in [0.2, 0.25) is 0 Å². The molecule has 0 aliphatic heterocycles. The molecule has 0 saturated heterocycles. The maximum atomic E-state index is 12.6. The average Bonchev–Trinajstić information content (AvgIpc) is 2.67. The van der Waals surface area contributed by atoms with Crippen molar-refractivity contribution >= 4 is 50.0 Å². The molecule has 1 N–H and O–H groups in total. The first-order chi connectivity index (χ1) is 13.4. The molecule has 150 valence electrons. The molecule has 0 radical (unpaired) electrons. The molecule has 0 bridgehead atoms. The lowest BCUT2D eigenvalue weighted by atomic mass is 10.1. The molecule has 0 atom stereocenters. The van der Waals surface area contributed by atoms with Crippen molar-refractivity contribution in [2.45, 2.75) is 38.6 Å². The number of nitrogens with zero attached hydrogens (tertiary/aromatic N) is 1. The molecule has 2 aromatic rings. The van der Waals surface area contributed by atoms with E-state index >= 15 is 0 Å². The molecule has 0 unspecified atom stereocenters. The number of carbonyl (C=O) groups is 1. The Morgan fingerprint density at radius 3 is 2.57 bits per heavy atom. The van der Waals surface area contributed by atoms with Crippen LogP contribution in [0.15, 0.2) is 44.1 Å². The molecule has 0 amide bonds. The number of aromatic nitrogens is 1. The molecular weight excluding hydrogens is 490 g/mol. The van der Waals surface area contributed by atoms with Gasteiger partial charge in [0.2, 0.25) is 0 Å². The van der Waals surface area contributed by atoms with E-state index in [4.69, 9.17) is 9.84 Å². The smallest absolute Gasteiger partial charge is 0.303 e. The molecule has 7 heteroatoms. The third kappa shape index (κ3) is 6.63. The predicted octanol–water partition coefficient (Wildman–Crippen LogP) is 5.59. The van der Waals surface area contributed by atoms with Gasteiger partial charge >= 0.3 is 5.97 Å². The molecular formula is C21H23Br2NO4. The van der Waals surface area contributed by atoms with Crippen LogP contribution < -0.4 is 10.3 Å². The summed E-state index contributed by atoms with van der Waals surface area (Å²) in [5.41, 5.74) is 1.68. The lowest BCUT2D eigenvalue weighted by Gasteiger charge is -2.13. The zero-order valence-corrected chi connectivity index (χ0v) is 18.8. The van der Waals surface area contributed by atoms with Crippen LogP contribution in [0.3, 0.4) is 0 Å². The van der Waals surface area contributed by atoms with Gasteiger partial charge in [0.05, 0.1) is 17.3 Å². The van der Waals surface area contributed by atoms with Gasteiger partial charge in [-0.25, -0.2) is 0 Å². The van der Waals surface area contributed by atoms with E-state index in [1.807, 2.05) is 36.4 Å². The Labute approximate surface area is 181 Å². The van der Waals surface area contributed by atoms with Gasteiger partial charge in [-0.1, -0.05) is 31.1 Å². The number of benzene rings is 1. The van der Waals surface area contributed by atoms with Crippen molar-refractivity contribution in [2.24, 2.45) is 0 Å². The van der Waals surface area contributed by atoms with Crippen LogP contribution in [-0.4, -0.2) is 22.8 Å². The van der Waals surface area contributed by atoms with Crippen molar-refractivity contribution in [1.29, 1.82) is 0 Å². The molecule has 0 saturated carbocycles. The summed E-state index contributed by atoms with van der Waals surface area (Å²) in [5.74, 6) is 0.00730. The summed E-state index contributed by atoms with van der Waals surface area (Å²) in [7, 11) is 1.63. The van der Waals surface area contributed by atoms with Crippen molar-refractivity contribution in [3.05, 3.63) is 60.9 Å². The summed E-state index contributed by atoms with van der Waals surface area (Å²) in [6.07, 6.45) is 7.23. The van der Waals surface area contributed by atoms with Crippen LogP contribution in [0.25, 0.3) is 12.2 Å². The zero-order valence-electron chi connectivity index (χ0n) is 15.7. The molecule has 0 aliphatic carbocycles. The van der Waals surface area contributed by atoms with Gasteiger partial charge in [0.25, 0.3) is 5.56 Å². The molecule has 0 fully saturated rings. The first kappa shape index (κ1) is 22.4. The van der Waals surface area contributed by atoms with Gasteiger partial charge < -0.3 is 14.4 Å². The SMILES string of the molecule is COc1cccc(/C=C/c2c(Br)cc(Br)c(=O)n2CCCCCCC(=O)O)c1. The van der Waals surface area contributed by atoms with E-state index in [-0.39, 0.29) is 12.0 Å². The fourth-order valence-corrected chi connectivity index (χ4v) is 4.15. The lowest BCUT2D eigenvalue weighted by Crippen LogP contribution is -2.23. The number of carboxylic acids is 1. The van der Waals surface area contributed by atoms with E-state index in [0.29, 0.717) is 17.4 Å². The van der Waals surface area contributed by atoms with E-state index in [0.717, 1.165) is 40.7 Å². The monoisotopic (exact) mass is 511 g/mol. The average molecular weight is 513 g/mol. The Bertz CT molecular complexity index is 906. The number of ether oxygens (including phenoxy) is 1. The van der Waals surface area contributed by atoms with Crippen molar-refractivity contribution in [3.63, 3.8) is 0 Å². The highest BCUT2D eigenvalue weighted by Gasteiger charge is 2.10. The van der Waals surface area contributed by atoms with Gasteiger partial charge in [-0.05, 0) is 74.5 Å². The number of methoxy groups -OCH3 is 1. The van der Waals surface area contributed by atoms with E-state index in [9.17, 15) is 9.59 Å². The van der Waals surface area contributed by atoms with E-state index in [1.165, 1.54) is 0 Å². The molecule has 1 aromatic carbocycles. The minimum absolute atomic E-state index is 0.0842. The maximum Gasteiger partial charge on any atom is 0.303 e. The van der Waals surface area contributed by atoms with E-state index in [1.54, 1.807) is 17.7 Å². The standard InChI is InChI=1S/C21H23Br2NO4/c1-28-16-8-6-7-15(13-16)10-11-19-17(22)14-18(23)21(27)24(19)12-5-3-2-4-9-20(25)26/h6-8,10-11,13-14H,2-5,9,12H2,1H3,(H,25,26)/b11-10+. The fourth-order valence-electron chi connectivity index (χ4n) is 2.83. The summed E-state index contributed by atoms with van der Waals surface area (Å²) in [6, 6.07) is 9.45. The number of hydrogen-bond acceptors (Lipinski definition) is 3. The molecule has 1 heterocycles. The number of unbranched alkanes of at least 4 members (excludes halogenated alkanes) is 3. The maximum absolute atomic E-state index is 12.6. The highest BCUT2D eigenvalue weighted by molar-refractivity contribution is 9.11. The van der Waals surface area contributed by atoms with Gasteiger partial charge in [0, 0.05) is 17.4 Å². The quantitative estimate of drug-likeness (QED) is 0.421. The minimum atomic E-state index is -0.767. The number of pyridine rings is 1. The van der Waals surface area contributed by atoms with Crippen molar-refractivity contribution in [1.82, 2.24) is 4.57 Å². The van der Waals surface area contributed by atoms with Crippen LogP contribution >= 0.6 is 31.9 Å². The van der Waals surface area contributed by atoms with Gasteiger partial charge in [0.1, 0.15) is 5.75 Å². The lowest BCUT2D eigenvalue weighted by molar-refractivity contribution is -0.137. The number of hydrogen-bond donors (Lipinski definition) is 1. The van der Waals surface area contributed by atoms with Gasteiger partial charge in [0.15, 0.2) is 0 Å². The van der Waals surface area contributed by atoms with Crippen LogP contribution in [0, 0.1) is 0 Å². The van der Waals surface area contributed by atoms with E-state index < -0.39 is 5.97 Å². The Balaban J connectivity index is 2.16. The molecule has 1 aromatic heterocycles. The summed E-state index contributed by atoms with van der Waals surface area (Å²) >= 11 is 6.88. The fraction of sp³-hybridized carbons (Fsp3) is 0.333. The number of halogens is 2. The second kappa shape index (κ2) is 11.2. The molecule has 2 rings (SSSR count). The third-order valence-electron chi connectivity index (χ3n) is 4.29. The first-order valence-electron chi connectivity index (χ1n) is 9.05. The van der Waals surface area contributed by atoms with Crippen LogP contribution in [0.4, 0.5) is 0 Å². The second-order valence-electron chi connectivity index (χ2n) is 6.35. The summed E-state index contributed by atoms with van der Waals surface area (Å²) in [5, 5.41) is 8.70. The minimum Gasteiger partial charge on any atom is -0.497 e. The highest BCUT2D eigenvalue weighted by atomic mass is 79.9. The highest BCUT2D eigenvalue weighted by Crippen LogP contribution is 2.23. The Kier molecular flexibility index (Phi) is 8.99. The largest absolute Gasteiger partial charge is 0.497 e. The third-order valence-corrected chi connectivity index (χ3v) is 5.49. The molecule has 28 heavy (non-hydrogen) atoms. The Morgan fingerprint density at radius 1 is 1.11 bits per heavy atom. The Morgan fingerprint density at radius 2 is 1.86 bits per heavy atom. The zero-order chi connectivity index (χ0) is 20.5. The van der Waals surface area contributed by atoms with Gasteiger partial charge in [-0.15, -0.1) is 0 Å². The summed E-state index contributed by atoms with van der Waals surface area (Å²) in [6.45, 7) is 0.571. The normalized spacial score (nSPS) is 11.1. The van der Waals surface area contributed by atoms with Crippen molar-refractivity contribution in [3.8, 4) is 5.75 Å². The van der Waals surface area contributed by atoms with Crippen molar-refractivity contribution < 1.29 is 14.6 Å². The summed E-state index contributed by atoms with van der Waals surface area (Å²) in [4.78, 5) is 23.2. The van der Waals surface area contributed by atoms with Crippen LogP contribution in [0.5, 0.6) is 5.75 Å². The first-order valence-corrected chi connectivity index (χ1v) is 10.6. The summed E-state index contributed by atoms with van der Waals surface area (Å²) < 4.78 is 8.31. The van der Waals surface area contributed by atoms with Gasteiger partial charge in [-0.2, -0.15) is 0 Å². The second-order valence-corrected chi connectivity index (χ2v) is 8.06. The number of aliphatic carboxylic acids is 1.